The predicted molar refractivity (Wildman–Crippen MR) is 225 cm³/mol. The molecule has 8 aromatic rings. The zero-order chi connectivity index (χ0) is 36.1. The van der Waals surface area contributed by atoms with Crippen molar-refractivity contribution in [2.45, 2.75) is 33.1 Å². The van der Waals surface area contributed by atoms with Crippen molar-refractivity contribution in [3.05, 3.63) is 193 Å². The van der Waals surface area contributed by atoms with Gasteiger partial charge in [-0.2, -0.15) is 0 Å². The Morgan fingerprint density at radius 3 is 1.75 bits per heavy atom. The van der Waals surface area contributed by atoms with Crippen LogP contribution in [0.15, 0.2) is 182 Å². The highest BCUT2D eigenvalue weighted by atomic mass is 15.1. The average molecular weight is 684 g/mol. The summed E-state index contributed by atoms with van der Waals surface area (Å²) < 4.78 is 2.33. The van der Waals surface area contributed by atoms with Crippen LogP contribution in [0.2, 0.25) is 0 Å². The van der Waals surface area contributed by atoms with Crippen molar-refractivity contribution in [1.82, 2.24) is 9.55 Å². The fourth-order valence-electron chi connectivity index (χ4n) is 8.47. The number of benzene rings is 6. The maximum Gasteiger partial charge on any atom is 0.0571 e. The SMILES string of the molecule is C/C=C1\C(=C/C)c2cc(N(c3ccc(-c4ccccc4)cc3)c3ccc(-c4ccc(-n5c6ccccc6c6cnccc65)cc4)cc3)ccc2C1(C)C. The minimum atomic E-state index is -0.0391. The molecule has 2 heterocycles. The largest absolute Gasteiger partial charge is 0.310 e. The lowest BCUT2D eigenvalue weighted by molar-refractivity contribution is 0.659. The van der Waals surface area contributed by atoms with Gasteiger partial charge in [0.25, 0.3) is 0 Å². The average Bonchev–Trinajstić information content (AvgIpc) is 3.66. The summed E-state index contributed by atoms with van der Waals surface area (Å²) in [5.41, 5.74) is 17.0. The van der Waals surface area contributed by atoms with E-state index in [-0.39, 0.29) is 5.41 Å². The first-order valence-electron chi connectivity index (χ1n) is 18.4. The van der Waals surface area contributed by atoms with Gasteiger partial charge in [-0.1, -0.05) is 117 Å². The molecule has 3 heteroatoms. The Labute approximate surface area is 311 Å². The third-order valence-corrected chi connectivity index (χ3v) is 11.1. The van der Waals surface area contributed by atoms with Gasteiger partial charge in [-0.25, -0.2) is 0 Å². The van der Waals surface area contributed by atoms with Gasteiger partial charge in [0.1, 0.15) is 0 Å². The van der Waals surface area contributed by atoms with E-state index < -0.39 is 0 Å². The Morgan fingerprint density at radius 1 is 0.547 bits per heavy atom. The van der Waals surface area contributed by atoms with Crippen molar-refractivity contribution in [2.24, 2.45) is 0 Å². The lowest BCUT2D eigenvalue weighted by Gasteiger charge is -2.27. The number of hydrogen-bond acceptors (Lipinski definition) is 2. The number of para-hydroxylation sites is 1. The molecule has 0 saturated carbocycles. The number of hydrogen-bond donors (Lipinski definition) is 0. The molecule has 0 bridgehead atoms. The van der Waals surface area contributed by atoms with E-state index in [0.29, 0.717) is 0 Å². The molecule has 1 aliphatic rings. The van der Waals surface area contributed by atoms with E-state index in [1.807, 2.05) is 12.4 Å². The van der Waals surface area contributed by atoms with Gasteiger partial charge in [-0.15, -0.1) is 0 Å². The number of fused-ring (bicyclic) bond motifs is 4. The summed E-state index contributed by atoms with van der Waals surface area (Å²) in [4.78, 5) is 6.79. The van der Waals surface area contributed by atoms with Gasteiger partial charge in [0.15, 0.2) is 0 Å². The van der Waals surface area contributed by atoms with Gasteiger partial charge < -0.3 is 9.47 Å². The number of rotatable bonds is 6. The molecule has 0 fully saturated rings. The summed E-state index contributed by atoms with van der Waals surface area (Å²) >= 11 is 0. The number of anilines is 3. The van der Waals surface area contributed by atoms with Crippen LogP contribution in [-0.4, -0.2) is 9.55 Å². The zero-order valence-corrected chi connectivity index (χ0v) is 30.6. The first kappa shape index (κ1) is 32.5. The maximum atomic E-state index is 4.41. The molecular formula is C50H41N3. The molecular weight excluding hydrogens is 643 g/mol. The maximum absolute atomic E-state index is 4.41. The molecule has 256 valence electrons. The van der Waals surface area contributed by atoms with Crippen LogP contribution in [0.4, 0.5) is 17.1 Å². The molecule has 0 N–H and O–H groups in total. The summed E-state index contributed by atoms with van der Waals surface area (Å²) in [5, 5.41) is 2.38. The van der Waals surface area contributed by atoms with Gasteiger partial charge >= 0.3 is 0 Å². The Bertz CT molecular complexity index is 2620. The first-order chi connectivity index (χ1) is 26.0. The van der Waals surface area contributed by atoms with E-state index in [4.69, 9.17) is 0 Å². The smallest absolute Gasteiger partial charge is 0.0571 e. The molecule has 0 atom stereocenters. The van der Waals surface area contributed by atoms with Gasteiger partial charge in [0, 0.05) is 51.3 Å². The number of pyridine rings is 1. The van der Waals surface area contributed by atoms with Crippen LogP contribution < -0.4 is 4.90 Å². The Kier molecular flexibility index (Phi) is 7.93. The Hall–Kier alpha value is -6.45. The second kappa shape index (κ2) is 13.0. The van der Waals surface area contributed by atoms with Gasteiger partial charge in [0.05, 0.1) is 11.0 Å². The van der Waals surface area contributed by atoms with Gasteiger partial charge in [-0.05, 0) is 119 Å². The number of aromatic nitrogens is 2. The number of allylic oxidation sites excluding steroid dienone is 4. The molecule has 2 aromatic heterocycles. The molecule has 6 aromatic carbocycles. The van der Waals surface area contributed by atoms with Crippen molar-refractivity contribution in [3.63, 3.8) is 0 Å². The summed E-state index contributed by atoms with van der Waals surface area (Å²) in [6, 6.07) is 55.1. The highest BCUT2D eigenvalue weighted by Crippen LogP contribution is 2.51. The summed E-state index contributed by atoms with van der Waals surface area (Å²) in [7, 11) is 0. The standard InChI is InChI=1S/C50H41N3/c1-5-42-44-32-41(28-29-47(44)50(3,4)46(42)6-2)52(38-22-16-35(17-23-38)34-12-8-7-9-13-34)39-24-18-36(19-25-39)37-20-26-40(27-21-37)53-48-15-11-10-14-43(48)45-33-51-31-30-49(45)53/h5-33H,1-4H3/b42-5-,46-6+. The third-order valence-electron chi connectivity index (χ3n) is 11.1. The van der Waals surface area contributed by atoms with Crippen molar-refractivity contribution in [1.29, 1.82) is 0 Å². The van der Waals surface area contributed by atoms with E-state index in [0.717, 1.165) is 28.3 Å². The minimum Gasteiger partial charge on any atom is -0.310 e. The van der Waals surface area contributed by atoms with Crippen molar-refractivity contribution in [2.75, 3.05) is 4.90 Å². The second-order valence-electron chi connectivity index (χ2n) is 14.3. The quantitative estimate of drug-likeness (QED) is 0.174. The predicted octanol–water partition coefficient (Wildman–Crippen LogP) is 13.6. The fourth-order valence-corrected chi connectivity index (χ4v) is 8.47. The van der Waals surface area contributed by atoms with Crippen molar-refractivity contribution < 1.29 is 0 Å². The van der Waals surface area contributed by atoms with Crippen LogP contribution >= 0.6 is 0 Å². The lowest BCUT2D eigenvalue weighted by atomic mass is 9.82. The highest BCUT2D eigenvalue weighted by molar-refractivity contribution is 6.08. The topological polar surface area (TPSA) is 21.1 Å². The Morgan fingerprint density at radius 2 is 1.11 bits per heavy atom. The minimum absolute atomic E-state index is 0.0391. The monoisotopic (exact) mass is 683 g/mol. The summed E-state index contributed by atoms with van der Waals surface area (Å²) in [5.74, 6) is 0. The first-order valence-corrected chi connectivity index (χ1v) is 18.4. The van der Waals surface area contributed by atoms with Crippen LogP contribution in [0, 0.1) is 0 Å². The fraction of sp³-hybridized carbons (Fsp3) is 0.100. The van der Waals surface area contributed by atoms with E-state index in [1.165, 1.54) is 60.8 Å². The third kappa shape index (κ3) is 5.39. The molecule has 0 spiro atoms. The molecule has 0 amide bonds. The van der Waals surface area contributed by atoms with E-state index >= 15 is 0 Å². The van der Waals surface area contributed by atoms with Crippen LogP contribution in [0.25, 0.3) is 55.3 Å². The van der Waals surface area contributed by atoms with Crippen molar-refractivity contribution >= 4 is 44.4 Å². The van der Waals surface area contributed by atoms with Crippen LogP contribution in [0.3, 0.4) is 0 Å². The van der Waals surface area contributed by atoms with E-state index in [9.17, 15) is 0 Å². The molecule has 53 heavy (non-hydrogen) atoms. The Balaban J connectivity index is 1.10. The van der Waals surface area contributed by atoms with Crippen LogP contribution in [0.5, 0.6) is 0 Å². The second-order valence-corrected chi connectivity index (χ2v) is 14.3. The highest BCUT2D eigenvalue weighted by Gasteiger charge is 2.37. The molecule has 3 nitrogen and oxygen atoms in total. The van der Waals surface area contributed by atoms with E-state index in [1.54, 1.807) is 0 Å². The molecule has 0 radical (unpaired) electrons. The molecule has 0 aliphatic heterocycles. The van der Waals surface area contributed by atoms with Gasteiger partial charge in [0.2, 0.25) is 0 Å². The molecule has 0 unspecified atom stereocenters. The zero-order valence-electron chi connectivity index (χ0n) is 30.6. The van der Waals surface area contributed by atoms with Gasteiger partial charge in [-0.3, -0.25) is 4.98 Å². The van der Waals surface area contributed by atoms with Crippen LogP contribution in [0.1, 0.15) is 38.8 Å². The number of nitrogens with zero attached hydrogens (tertiary/aromatic N) is 3. The van der Waals surface area contributed by atoms with Crippen LogP contribution in [-0.2, 0) is 5.41 Å². The van der Waals surface area contributed by atoms with Crippen molar-refractivity contribution in [3.8, 4) is 27.9 Å². The van der Waals surface area contributed by atoms with E-state index in [2.05, 4.69) is 206 Å². The molecule has 0 saturated heterocycles. The lowest BCUT2D eigenvalue weighted by Crippen LogP contribution is -2.15. The molecule has 1 aliphatic carbocycles. The normalized spacial score (nSPS) is 15.0. The molecule has 9 rings (SSSR count). The summed E-state index contributed by atoms with van der Waals surface area (Å²) in [6.45, 7) is 8.99. The summed E-state index contributed by atoms with van der Waals surface area (Å²) in [6.07, 6.45) is 8.38.